The number of methoxy groups -OCH3 is 1. The molecule has 2 aromatic carbocycles. The lowest BCUT2D eigenvalue weighted by Crippen LogP contribution is -1.96. The molecule has 0 fully saturated rings. The average Bonchev–Trinajstić information content (AvgIpc) is 2.48. The third-order valence-electron chi connectivity index (χ3n) is 2.36. The van der Waals surface area contributed by atoms with Gasteiger partial charge in [0.05, 0.1) is 19.1 Å². The highest BCUT2D eigenvalue weighted by molar-refractivity contribution is 5.89. The van der Waals surface area contributed by atoms with Crippen molar-refractivity contribution in [1.82, 2.24) is 0 Å². The van der Waals surface area contributed by atoms with Gasteiger partial charge in [-0.1, -0.05) is 36.4 Å². The standard InChI is InChI=1S/C16H15NO2/c1-18-16(17-14-8-4-2-5-9-14)12-13-19-15-10-6-3-7-11-15/h2-13H,1H3. The second kappa shape index (κ2) is 7.01. The van der Waals surface area contributed by atoms with Gasteiger partial charge in [-0.3, -0.25) is 0 Å². The normalized spacial score (nSPS) is 11.5. The molecule has 0 saturated carbocycles. The first-order chi connectivity index (χ1) is 9.38. The van der Waals surface area contributed by atoms with Crippen molar-refractivity contribution in [3.05, 3.63) is 73.0 Å². The lowest BCUT2D eigenvalue weighted by atomic mass is 10.3. The molecule has 0 N–H and O–H groups in total. The molecule has 0 atom stereocenters. The van der Waals surface area contributed by atoms with Crippen molar-refractivity contribution in [3.8, 4) is 5.75 Å². The molecule has 0 unspecified atom stereocenters. The smallest absolute Gasteiger partial charge is 0.216 e. The molecule has 0 spiro atoms. The summed E-state index contributed by atoms with van der Waals surface area (Å²) >= 11 is 0. The van der Waals surface area contributed by atoms with Crippen LogP contribution in [0.1, 0.15) is 0 Å². The first-order valence-corrected chi connectivity index (χ1v) is 5.94. The minimum Gasteiger partial charge on any atom is -0.481 e. The summed E-state index contributed by atoms with van der Waals surface area (Å²) in [7, 11) is 1.58. The first kappa shape index (κ1) is 12.9. The van der Waals surface area contributed by atoms with E-state index in [4.69, 9.17) is 9.47 Å². The monoisotopic (exact) mass is 253 g/mol. The van der Waals surface area contributed by atoms with Crippen LogP contribution in [0.5, 0.6) is 5.75 Å². The third kappa shape index (κ3) is 4.32. The maximum Gasteiger partial charge on any atom is 0.216 e. The van der Waals surface area contributed by atoms with E-state index in [2.05, 4.69) is 4.99 Å². The highest BCUT2D eigenvalue weighted by Gasteiger charge is 1.94. The van der Waals surface area contributed by atoms with E-state index in [9.17, 15) is 0 Å². The van der Waals surface area contributed by atoms with Crippen LogP contribution < -0.4 is 4.74 Å². The second-order valence-corrected chi connectivity index (χ2v) is 3.72. The van der Waals surface area contributed by atoms with E-state index in [0.717, 1.165) is 11.4 Å². The minimum absolute atomic E-state index is 0.488. The summed E-state index contributed by atoms with van der Waals surface area (Å²) in [5.74, 6) is 1.26. The van der Waals surface area contributed by atoms with Crippen molar-refractivity contribution >= 4 is 11.6 Å². The van der Waals surface area contributed by atoms with Gasteiger partial charge in [-0.15, -0.1) is 0 Å². The highest BCUT2D eigenvalue weighted by atomic mass is 16.5. The predicted octanol–water partition coefficient (Wildman–Crippen LogP) is 3.96. The number of para-hydroxylation sites is 2. The number of benzene rings is 2. The van der Waals surface area contributed by atoms with Gasteiger partial charge >= 0.3 is 0 Å². The lowest BCUT2D eigenvalue weighted by molar-refractivity contribution is 0.404. The minimum atomic E-state index is 0.488. The van der Waals surface area contributed by atoms with E-state index < -0.39 is 0 Å². The Kier molecular flexibility index (Phi) is 4.76. The van der Waals surface area contributed by atoms with Gasteiger partial charge in [0.1, 0.15) is 5.75 Å². The Bertz CT molecular complexity index is 547. The van der Waals surface area contributed by atoms with Crippen LogP contribution in [0.3, 0.4) is 0 Å². The summed E-state index contributed by atoms with van der Waals surface area (Å²) in [4.78, 5) is 4.34. The van der Waals surface area contributed by atoms with Gasteiger partial charge in [-0.05, 0) is 24.3 Å². The number of nitrogens with zero attached hydrogens (tertiary/aromatic N) is 1. The Morgan fingerprint density at radius 3 is 2.21 bits per heavy atom. The summed E-state index contributed by atoms with van der Waals surface area (Å²) < 4.78 is 10.6. The predicted molar refractivity (Wildman–Crippen MR) is 76.8 cm³/mol. The summed E-state index contributed by atoms with van der Waals surface area (Å²) in [5, 5.41) is 0. The summed E-state index contributed by atoms with van der Waals surface area (Å²) in [6.07, 6.45) is 3.24. The fourth-order valence-electron chi connectivity index (χ4n) is 1.45. The van der Waals surface area contributed by atoms with Crippen LogP contribution in [0.15, 0.2) is 78.0 Å². The molecule has 2 rings (SSSR count). The Balaban J connectivity index is 2.01. The Morgan fingerprint density at radius 2 is 1.58 bits per heavy atom. The average molecular weight is 253 g/mol. The molecule has 96 valence electrons. The largest absolute Gasteiger partial charge is 0.481 e. The lowest BCUT2D eigenvalue weighted by Gasteiger charge is -2.01. The fraction of sp³-hybridized carbons (Fsp3) is 0.0625. The highest BCUT2D eigenvalue weighted by Crippen LogP contribution is 2.11. The molecule has 0 bridgehead atoms. The quantitative estimate of drug-likeness (QED) is 0.469. The maximum atomic E-state index is 5.43. The third-order valence-corrected chi connectivity index (χ3v) is 2.36. The number of aliphatic imine (C=N–C) groups is 1. The SMILES string of the molecule is COC(C=COc1ccccc1)=Nc1ccccc1. The molecule has 0 radical (unpaired) electrons. The van der Waals surface area contributed by atoms with Gasteiger partial charge in [-0.25, -0.2) is 4.99 Å². The first-order valence-electron chi connectivity index (χ1n) is 5.94. The van der Waals surface area contributed by atoms with E-state index >= 15 is 0 Å². The molecule has 3 heteroatoms. The van der Waals surface area contributed by atoms with Crippen LogP contribution in [-0.2, 0) is 4.74 Å². The summed E-state index contributed by atoms with van der Waals surface area (Å²) in [6, 6.07) is 19.1. The maximum absolute atomic E-state index is 5.43. The number of ether oxygens (including phenoxy) is 2. The van der Waals surface area contributed by atoms with E-state index in [-0.39, 0.29) is 0 Å². The molecule has 0 heterocycles. The fourth-order valence-corrected chi connectivity index (χ4v) is 1.45. The number of rotatable bonds is 4. The molecule has 0 aliphatic carbocycles. The molecule has 3 nitrogen and oxygen atoms in total. The van der Waals surface area contributed by atoms with Crippen molar-refractivity contribution in [1.29, 1.82) is 0 Å². The van der Waals surface area contributed by atoms with Gasteiger partial charge in [0.15, 0.2) is 0 Å². The zero-order valence-corrected chi connectivity index (χ0v) is 10.7. The molecular formula is C16H15NO2. The molecule has 0 amide bonds. The molecular weight excluding hydrogens is 238 g/mol. The van der Waals surface area contributed by atoms with Gasteiger partial charge in [0.25, 0.3) is 0 Å². The van der Waals surface area contributed by atoms with Crippen molar-refractivity contribution in [3.63, 3.8) is 0 Å². The van der Waals surface area contributed by atoms with Gasteiger partial charge in [0.2, 0.25) is 5.90 Å². The number of hydrogen-bond acceptors (Lipinski definition) is 3. The van der Waals surface area contributed by atoms with Crippen LogP contribution in [0.25, 0.3) is 0 Å². The van der Waals surface area contributed by atoms with E-state index in [1.54, 1.807) is 19.4 Å². The Morgan fingerprint density at radius 1 is 0.947 bits per heavy atom. The van der Waals surface area contributed by atoms with Crippen molar-refractivity contribution in [2.75, 3.05) is 7.11 Å². The zero-order valence-electron chi connectivity index (χ0n) is 10.7. The van der Waals surface area contributed by atoms with Crippen molar-refractivity contribution in [2.45, 2.75) is 0 Å². The van der Waals surface area contributed by atoms with Crippen LogP contribution in [0.2, 0.25) is 0 Å². The Hall–Kier alpha value is -2.55. The molecule has 19 heavy (non-hydrogen) atoms. The summed E-state index contributed by atoms with van der Waals surface area (Å²) in [5.41, 5.74) is 0.837. The van der Waals surface area contributed by atoms with E-state index in [1.807, 2.05) is 60.7 Å². The van der Waals surface area contributed by atoms with Crippen LogP contribution in [-0.4, -0.2) is 13.0 Å². The van der Waals surface area contributed by atoms with E-state index in [1.165, 1.54) is 0 Å². The topological polar surface area (TPSA) is 30.8 Å². The van der Waals surface area contributed by atoms with E-state index in [0.29, 0.717) is 5.90 Å². The molecule has 0 aliphatic heterocycles. The van der Waals surface area contributed by atoms with Crippen molar-refractivity contribution < 1.29 is 9.47 Å². The van der Waals surface area contributed by atoms with Gasteiger partial charge < -0.3 is 9.47 Å². The van der Waals surface area contributed by atoms with Crippen molar-refractivity contribution in [2.24, 2.45) is 4.99 Å². The molecule has 0 aliphatic rings. The molecule has 0 aromatic heterocycles. The molecule has 2 aromatic rings. The summed E-state index contributed by atoms with van der Waals surface area (Å²) in [6.45, 7) is 0. The second-order valence-electron chi connectivity index (χ2n) is 3.72. The Labute approximate surface area is 112 Å². The van der Waals surface area contributed by atoms with Gasteiger partial charge in [-0.2, -0.15) is 0 Å². The molecule has 0 saturated heterocycles. The van der Waals surface area contributed by atoms with Crippen LogP contribution >= 0.6 is 0 Å². The number of hydrogen-bond donors (Lipinski definition) is 0. The van der Waals surface area contributed by atoms with Gasteiger partial charge in [0, 0.05) is 6.08 Å². The van der Waals surface area contributed by atoms with Crippen LogP contribution in [0.4, 0.5) is 5.69 Å². The zero-order chi connectivity index (χ0) is 13.3. The van der Waals surface area contributed by atoms with Crippen LogP contribution in [0, 0.1) is 0 Å².